The van der Waals surface area contributed by atoms with Gasteiger partial charge in [-0.05, 0) is 56.0 Å². The minimum absolute atomic E-state index is 0.132. The fourth-order valence-corrected chi connectivity index (χ4v) is 4.27. The van der Waals surface area contributed by atoms with Crippen LogP contribution in [0.5, 0.6) is 0 Å². The Morgan fingerprint density at radius 1 is 0.931 bits per heavy atom. The Bertz CT molecular complexity index is 1090. The Balaban J connectivity index is 1.43. The first kappa shape index (κ1) is 17.7. The van der Waals surface area contributed by atoms with Crippen LogP contribution in [0.1, 0.15) is 41.0 Å². The van der Waals surface area contributed by atoms with Gasteiger partial charge in [-0.1, -0.05) is 24.3 Å². The van der Waals surface area contributed by atoms with Gasteiger partial charge in [0.05, 0.1) is 5.69 Å². The normalized spacial score (nSPS) is 15.6. The van der Waals surface area contributed by atoms with Crippen molar-refractivity contribution >= 4 is 23.2 Å². The molecule has 0 spiro atoms. The zero-order valence-corrected chi connectivity index (χ0v) is 16.1. The number of anilines is 2. The molecule has 29 heavy (non-hydrogen) atoms. The van der Waals surface area contributed by atoms with Gasteiger partial charge in [0.1, 0.15) is 0 Å². The number of para-hydroxylation sites is 1. The minimum Gasteiger partial charge on any atom is -0.321 e. The molecule has 2 aliphatic rings. The van der Waals surface area contributed by atoms with Crippen LogP contribution >= 0.6 is 0 Å². The molecule has 146 valence electrons. The third-order valence-corrected chi connectivity index (χ3v) is 5.64. The fourth-order valence-electron chi connectivity index (χ4n) is 4.27. The molecule has 0 atom stereocenters. The van der Waals surface area contributed by atoms with Gasteiger partial charge in [0, 0.05) is 35.6 Å². The summed E-state index contributed by atoms with van der Waals surface area (Å²) in [7, 11) is 0. The predicted octanol–water partition coefficient (Wildman–Crippen LogP) is 3.74. The number of carbonyl (C=O) groups excluding carboxylic acids is 2. The third kappa shape index (κ3) is 3.20. The van der Waals surface area contributed by atoms with Crippen LogP contribution in [0.2, 0.25) is 0 Å². The van der Waals surface area contributed by atoms with Crippen molar-refractivity contribution in [1.82, 2.24) is 9.78 Å². The number of benzene rings is 2. The van der Waals surface area contributed by atoms with Crippen LogP contribution in [0.3, 0.4) is 0 Å². The fraction of sp³-hybridized carbons (Fsp3) is 0.261. The lowest BCUT2D eigenvalue weighted by Crippen LogP contribution is -2.23. The lowest BCUT2D eigenvalue weighted by Gasteiger charge is -2.16. The van der Waals surface area contributed by atoms with Gasteiger partial charge >= 0.3 is 0 Å². The van der Waals surface area contributed by atoms with Gasteiger partial charge in [-0.15, -0.1) is 0 Å². The topological polar surface area (TPSA) is 67.2 Å². The lowest BCUT2D eigenvalue weighted by molar-refractivity contribution is -0.117. The Kier molecular flexibility index (Phi) is 4.39. The molecule has 1 N–H and O–H groups in total. The molecule has 0 unspecified atom stereocenters. The van der Waals surface area contributed by atoms with E-state index in [2.05, 4.69) is 10.4 Å². The highest BCUT2D eigenvalue weighted by Gasteiger charge is 2.27. The van der Waals surface area contributed by atoms with Crippen molar-refractivity contribution in [2.24, 2.45) is 0 Å². The summed E-state index contributed by atoms with van der Waals surface area (Å²) in [5, 5.41) is 7.63. The van der Waals surface area contributed by atoms with Crippen LogP contribution in [0, 0.1) is 0 Å². The monoisotopic (exact) mass is 386 g/mol. The lowest BCUT2D eigenvalue weighted by atomic mass is 10.2. The first-order chi connectivity index (χ1) is 14.2. The predicted molar refractivity (Wildman–Crippen MR) is 112 cm³/mol. The highest BCUT2D eigenvalue weighted by molar-refractivity contribution is 6.05. The highest BCUT2D eigenvalue weighted by atomic mass is 16.2. The molecule has 6 heteroatoms. The molecule has 1 aliphatic heterocycles. The molecule has 0 bridgehead atoms. The second-order valence-electron chi connectivity index (χ2n) is 7.53. The molecule has 2 amide bonds. The van der Waals surface area contributed by atoms with E-state index < -0.39 is 0 Å². The number of hydrogen-bond donors (Lipinski definition) is 1. The third-order valence-electron chi connectivity index (χ3n) is 5.64. The van der Waals surface area contributed by atoms with E-state index >= 15 is 0 Å². The number of hydrogen-bond acceptors (Lipinski definition) is 3. The molecular weight excluding hydrogens is 364 g/mol. The van der Waals surface area contributed by atoms with Gasteiger partial charge in [-0.2, -0.15) is 5.10 Å². The van der Waals surface area contributed by atoms with E-state index in [0.717, 1.165) is 54.9 Å². The number of amides is 2. The van der Waals surface area contributed by atoms with Crippen molar-refractivity contribution in [3.05, 3.63) is 71.5 Å². The SMILES string of the molecule is O=C(Nc1cccc(N2CCCC2=O)c1)c1nn(-c2ccccc2)c2c1CCC2. The van der Waals surface area contributed by atoms with E-state index in [0.29, 0.717) is 17.8 Å². The average molecular weight is 386 g/mol. The molecule has 5 rings (SSSR count). The molecule has 1 aliphatic carbocycles. The minimum atomic E-state index is -0.206. The Morgan fingerprint density at radius 2 is 1.76 bits per heavy atom. The molecule has 1 aromatic heterocycles. The van der Waals surface area contributed by atoms with Crippen molar-refractivity contribution < 1.29 is 9.59 Å². The number of nitrogens with zero attached hydrogens (tertiary/aromatic N) is 3. The number of fused-ring (bicyclic) bond motifs is 1. The molecule has 2 heterocycles. The standard InChI is InChI=1S/C23H22N4O2/c28-21-13-6-14-26(21)18-10-4-7-16(15-18)24-23(29)22-19-11-5-12-20(19)27(25-22)17-8-2-1-3-9-17/h1-4,7-10,15H,5-6,11-14H2,(H,24,29). The van der Waals surface area contributed by atoms with Crippen molar-refractivity contribution in [3.8, 4) is 5.69 Å². The number of aromatic nitrogens is 2. The van der Waals surface area contributed by atoms with E-state index in [1.54, 1.807) is 4.90 Å². The molecule has 3 aromatic rings. The van der Waals surface area contributed by atoms with E-state index in [4.69, 9.17) is 0 Å². The van der Waals surface area contributed by atoms with Crippen molar-refractivity contribution in [3.63, 3.8) is 0 Å². The van der Waals surface area contributed by atoms with Crippen molar-refractivity contribution in [2.75, 3.05) is 16.8 Å². The summed E-state index contributed by atoms with van der Waals surface area (Å²) in [6.07, 6.45) is 4.29. The number of carbonyl (C=O) groups is 2. The van der Waals surface area contributed by atoms with Crippen molar-refractivity contribution in [1.29, 1.82) is 0 Å². The van der Waals surface area contributed by atoms with Gasteiger partial charge in [0.15, 0.2) is 5.69 Å². The summed E-state index contributed by atoms with van der Waals surface area (Å²) >= 11 is 0. The van der Waals surface area contributed by atoms with Crippen LogP contribution in [0.4, 0.5) is 11.4 Å². The first-order valence-corrected chi connectivity index (χ1v) is 10.1. The highest BCUT2D eigenvalue weighted by Crippen LogP contribution is 2.29. The summed E-state index contributed by atoms with van der Waals surface area (Å²) in [6.45, 7) is 0.727. The van der Waals surface area contributed by atoms with Crippen LogP contribution in [0.15, 0.2) is 54.6 Å². The summed E-state index contributed by atoms with van der Waals surface area (Å²) in [5.41, 5.74) is 5.12. The molecule has 1 saturated heterocycles. The Hall–Kier alpha value is -3.41. The summed E-state index contributed by atoms with van der Waals surface area (Å²) in [5.74, 6) is -0.0735. The maximum Gasteiger partial charge on any atom is 0.276 e. The summed E-state index contributed by atoms with van der Waals surface area (Å²) in [6, 6.07) is 17.4. The van der Waals surface area contributed by atoms with E-state index in [1.807, 2.05) is 59.3 Å². The molecule has 1 fully saturated rings. The summed E-state index contributed by atoms with van der Waals surface area (Å²) in [4.78, 5) is 26.8. The quantitative estimate of drug-likeness (QED) is 0.743. The smallest absolute Gasteiger partial charge is 0.276 e. The van der Waals surface area contributed by atoms with Crippen LogP contribution < -0.4 is 10.2 Å². The summed E-state index contributed by atoms with van der Waals surface area (Å²) < 4.78 is 1.90. The Labute approximate surface area is 169 Å². The molecule has 6 nitrogen and oxygen atoms in total. The molecule has 0 radical (unpaired) electrons. The van der Waals surface area contributed by atoms with E-state index in [-0.39, 0.29) is 11.8 Å². The first-order valence-electron chi connectivity index (χ1n) is 10.1. The van der Waals surface area contributed by atoms with Gasteiger partial charge in [-0.25, -0.2) is 4.68 Å². The number of rotatable bonds is 4. The zero-order chi connectivity index (χ0) is 19.8. The van der Waals surface area contributed by atoms with Crippen LogP contribution in [0.25, 0.3) is 5.69 Å². The molecule has 0 saturated carbocycles. The van der Waals surface area contributed by atoms with E-state index in [1.165, 1.54) is 0 Å². The molecular formula is C23H22N4O2. The average Bonchev–Trinajstić information content (AvgIpc) is 3.45. The van der Waals surface area contributed by atoms with Crippen LogP contribution in [-0.2, 0) is 17.6 Å². The maximum absolute atomic E-state index is 13.0. The number of nitrogens with one attached hydrogen (secondary N) is 1. The Morgan fingerprint density at radius 3 is 2.55 bits per heavy atom. The zero-order valence-electron chi connectivity index (χ0n) is 16.1. The van der Waals surface area contributed by atoms with E-state index in [9.17, 15) is 9.59 Å². The maximum atomic E-state index is 13.0. The van der Waals surface area contributed by atoms with Gasteiger partial charge in [0.2, 0.25) is 5.91 Å². The van der Waals surface area contributed by atoms with Crippen molar-refractivity contribution in [2.45, 2.75) is 32.1 Å². The van der Waals surface area contributed by atoms with Gasteiger partial charge in [-0.3, -0.25) is 9.59 Å². The van der Waals surface area contributed by atoms with Crippen LogP contribution in [-0.4, -0.2) is 28.1 Å². The largest absolute Gasteiger partial charge is 0.321 e. The molecule has 2 aromatic carbocycles. The van der Waals surface area contributed by atoms with Gasteiger partial charge < -0.3 is 10.2 Å². The van der Waals surface area contributed by atoms with Gasteiger partial charge in [0.25, 0.3) is 5.91 Å². The second-order valence-corrected chi connectivity index (χ2v) is 7.53. The second kappa shape index (κ2) is 7.20.